The number of benzene rings is 1. The molecular weight excluding hydrogens is 290 g/mol. The topological polar surface area (TPSA) is 46.2 Å². The number of thioether (sulfide) groups is 1. The lowest BCUT2D eigenvalue weighted by Gasteiger charge is -2.27. The maximum absolute atomic E-state index is 12.1. The van der Waals surface area contributed by atoms with Gasteiger partial charge in [0.2, 0.25) is 10.0 Å². The molecule has 3 nitrogen and oxygen atoms in total. The summed E-state index contributed by atoms with van der Waals surface area (Å²) in [5, 5.41) is 1.85. The molecule has 2 rings (SSSR count). The number of hydrogen-bond donors (Lipinski definition) is 1. The van der Waals surface area contributed by atoms with E-state index in [9.17, 15) is 8.42 Å². The summed E-state index contributed by atoms with van der Waals surface area (Å²) in [6.07, 6.45) is 7.89. The second-order valence-electron chi connectivity index (χ2n) is 5.10. The Morgan fingerprint density at radius 3 is 2.70 bits per heavy atom. The largest absolute Gasteiger partial charge is 0.233 e. The molecule has 5 heteroatoms. The van der Waals surface area contributed by atoms with Crippen LogP contribution in [0.4, 0.5) is 0 Å². The van der Waals surface area contributed by atoms with Crippen LogP contribution in [0.2, 0.25) is 0 Å². The average Bonchev–Trinajstić information content (AvgIpc) is 2.46. The number of rotatable bonds is 5. The van der Waals surface area contributed by atoms with Crippen LogP contribution in [0.5, 0.6) is 0 Å². The van der Waals surface area contributed by atoms with Gasteiger partial charge in [-0.1, -0.05) is 36.8 Å². The fourth-order valence-electron chi connectivity index (χ4n) is 2.47. The van der Waals surface area contributed by atoms with Crippen molar-refractivity contribution in [1.82, 2.24) is 4.72 Å². The fourth-order valence-corrected chi connectivity index (χ4v) is 4.39. The summed E-state index contributed by atoms with van der Waals surface area (Å²) in [7, 11) is -3.35. The number of nitrogens with one attached hydrogen (secondary N) is 1. The molecule has 0 saturated heterocycles. The zero-order chi connectivity index (χ0) is 14.4. The van der Waals surface area contributed by atoms with Gasteiger partial charge >= 0.3 is 0 Å². The van der Waals surface area contributed by atoms with E-state index in [1.165, 1.54) is 11.8 Å². The SMILES string of the molecule is CSC1CCCC(NS(=O)(=O)/C=C/c2ccccc2)C1. The Kier molecular flexibility index (Phi) is 5.69. The van der Waals surface area contributed by atoms with Crippen molar-refractivity contribution in [2.75, 3.05) is 6.26 Å². The van der Waals surface area contributed by atoms with Crippen LogP contribution >= 0.6 is 11.8 Å². The Hall–Kier alpha value is -0.780. The molecule has 0 radical (unpaired) electrons. The zero-order valence-corrected chi connectivity index (χ0v) is 13.3. The Morgan fingerprint density at radius 1 is 1.25 bits per heavy atom. The van der Waals surface area contributed by atoms with E-state index in [-0.39, 0.29) is 6.04 Å². The zero-order valence-electron chi connectivity index (χ0n) is 11.7. The molecule has 2 atom stereocenters. The van der Waals surface area contributed by atoms with Crippen LogP contribution in [0, 0.1) is 0 Å². The lowest BCUT2D eigenvalue weighted by molar-refractivity contribution is 0.422. The molecule has 1 fully saturated rings. The maximum Gasteiger partial charge on any atom is 0.233 e. The van der Waals surface area contributed by atoms with Crippen molar-refractivity contribution in [1.29, 1.82) is 0 Å². The highest BCUT2D eigenvalue weighted by Gasteiger charge is 2.23. The van der Waals surface area contributed by atoms with Crippen LogP contribution in [-0.4, -0.2) is 26.0 Å². The van der Waals surface area contributed by atoms with Crippen molar-refractivity contribution < 1.29 is 8.42 Å². The molecule has 20 heavy (non-hydrogen) atoms. The van der Waals surface area contributed by atoms with Crippen molar-refractivity contribution in [2.24, 2.45) is 0 Å². The molecule has 0 aliphatic heterocycles. The van der Waals surface area contributed by atoms with Crippen LogP contribution in [0.3, 0.4) is 0 Å². The minimum Gasteiger partial charge on any atom is -0.209 e. The molecule has 1 aromatic carbocycles. The summed E-state index contributed by atoms with van der Waals surface area (Å²) in [6.45, 7) is 0. The van der Waals surface area contributed by atoms with Crippen molar-refractivity contribution in [3.05, 3.63) is 41.3 Å². The Balaban J connectivity index is 1.95. The van der Waals surface area contributed by atoms with Crippen LogP contribution in [-0.2, 0) is 10.0 Å². The third-order valence-electron chi connectivity index (χ3n) is 3.53. The molecule has 1 saturated carbocycles. The van der Waals surface area contributed by atoms with E-state index in [4.69, 9.17) is 0 Å². The van der Waals surface area contributed by atoms with Gasteiger partial charge in [0.05, 0.1) is 0 Å². The normalized spacial score (nSPS) is 24.1. The van der Waals surface area contributed by atoms with Gasteiger partial charge < -0.3 is 0 Å². The summed E-state index contributed by atoms with van der Waals surface area (Å²) >= 11 is 1.83. The smallest absolute Gasteiger partial charge is 0.209 e. The first-order chi connectivity index (χ1) is 9.59. The maximum atomic E-state index is 12.1. The third-order valence-corrected chi connectivity index (χ3v) is 5.78. The van der Waals surface area contributed by atoms with Crippen molar-refractivity contribution in [3.63, 3.8) is 0 Å². The van der Waals surface area contributed by atoms with E-state index >= 15 is 0 Å². The molecule has 110 valence electrons. The van der Waals surface area contributed by atoms with Crippen LogP contribution in [0.1, 0.15) is 31.2 Å². The Bertz CT molecular complexity index is 540. The van der Waals surface area contributed by atoms with Gasteiger partial charge in [-0.2, -0.15) is 11.8 Å². The molecular formula is C15H21NO2S2. The third kappa shape index (κ3) is 4.96. The first-order valence-electron chi connectivity index (χ1n) is 6.87. The molecule has 0 aromatic heterocycles. The molecule has 0 heterocycles. The summed E-state index contributed by atoms with van der Waals surface area (Å²) < 4.78 is 26.9. The Morgan fingerprint density at radius 2 is 2.00 bits per heavy atom. The second-order valence-corrected chi connectivity index (χ2v) is 7.83. The van der Waals surface area contributed by atoms with E-state index in [1.807, 2.05) is 42.1 Å². The van der Waals surface area contributed by atoms with Crippen LogP contribution in [0.15, 0.2) is 35.7 Å². The number of sulfonamides is 1. The molecule has 0 bridgehead atoms. The van der Waals surface area contributed by atoms with Gasteiger partial charge in [0, 0.05) is 16.7 Å². The lowest BCUT2D eigenvalue weighted by atomic mass is 9.96. The van der Waals surface area contributed by atoms with Gasteiger partial charge in [-0.25, -0.2) is 13.1 Å². The molecule has 0 amide bonds. The van der Waals surface area contributed by atoms with E-state index < -0.39 is 10.0 Å². The van der Waals surface area contributed by atoms with Crippen molar-refractivity contribution in [2.45, 2.75) is 37.0 Å². The summed E-state index contributed by atoms with van der Waals surface area (Å²) in [5.41, 5.74) is 0.892. The monoisotopic (exact) mass is 311 g/mol. The lowest BCUT2D eigenvalue weighted by Crippen LogP contribution is -2.38. The minimum absolute atomic E-state index is 0.0756. The average molecular weight is 311 g/mol. The quantitative estimate of drug-likeness (QED) is 0.908. The highest BCUT2D eigenvalue weighted by molar-refractivity contribution is 7.99. The van der Waals surface area contributed by atoms with E-state index in [2.05, 4.69) is 11.0 Å². The molecule has 1 N–H and O–H groups in total. The van der Waals surface area contributed by atoms with Gasteiger partial charge in [0.1, 0.15) is 0 Å². The van der Waals surface area contributed by atoms with Gasteiger partial charge in [-0.3, -0.25) is 0 Å². The van der Waals surface area contributed by atoms with Crippen LogP contribution < -0.4 is 4.72 Å². The molecule has 1 aromatic rings. The summed E-state index contributed by atoms with van der Waals surface area (Å²) in [4.78, 5) is 0. The molecule has 2 unspecified atom stereocenters. The predicted molar refractivity (Wildman–Crippen MR) is 87.1 cm³/mol. The first-order valence-corrected chi connectivity index (χ1v) is 9.71. The molecule has 1 aliphatic carbocycles. The Labute approximate surface area is 125 Å². The van der Waals surface area contributed by atoms with Crippen molar-refractivity contribution >= 4 is 27.9 Å². The van der Waals surface area contributed by atoms with Gasteiger partial charge in [-0.05, 0) is 37.2 Å². The predicted octanol–water partition coefficient (Wildman–Crippen LogP) is 3.25. The second kappa shape index (κ2) is 7.29. The highest BCUT2D eigenvalue weighted by Crippen LogP contribution is 2.27. The molecule has 0 spiro atoms. The minimum atomic E-state index is -3.35. The van der Waals surface area contributed by atoms with Crippen molar-refractivity contribution in [3.8, 4) is 0 Å². The van der Waals surface area contributed by atoms with Gasteiger partial charge in [0.25, 0.3) is 0 Å². The fraction of sp³-hybridized carbons (Fsp3) is 0.467. The molecule has 1 aliphatic rings. The van der Waals surface area contributed by atoms with E-state index in [1.54, 1.807) is 6.08 Å². The van der Waals surface area contributed by atoms with Gasteiger partial charge in [0.15, 0.2) is 0 Å². The summed E-state index contributed by atoms with van der Waals surface area (Å²) in [6, 6.07) is 9.54. The number of hydrogen-bond acceptors (Lipinski definition) is 3. The standard InChI is InChI=1S/C15H21NO2S2/c1-19-15-9-5-8-14(12-15)16-20(17,18)11-10-13-6-3-2-4-7-13/h2-4,6-7,10-11,14-16H,5,8-9,12H2,1H3/b11-10+. The van der Waals surface area contributed by atoms with E-state index in [0.717, 1.165) is 24.8 Å². The van der Waals surface area contributed by atoms with E-state index in [0.29, 0.717) is 5.25 Å². The first kappa shape index (κ1) is 15.6. The summed E-state index contributed by atoms with van der Waals surface area (Å²) in [5.74, 6) is 0. The van der Waals surface area contributed by atoms with Crippen LogP contribution in [0.25, 0.3) is 6.08 Å². The highest BCUT2D eigenvalue weighted by atomic mass is 32.2. The van der Waals surface area contributed by atoms with Gasteiger partial charge in [-0.15, -0.1) is 0 Å².